The average molecular weight is 242 g/mol. The summed E-state index contributed by atoms with van der Waals surface area (Å²) < 4.78 is 0. The molecule has 2 atom stereocenters. The number of carbonyl (C=O) groups is 1. The molecule has 0 saturated carbocycles. The standard InChI is InChI=1S/C11H16ClN3O/c1-3-7(2)10(13)11(16)15-9-6-4-5-8(12)14-9/h4-7,10H,3,13H2,1-2H3,(H,14,15,16). The number of nitrogens with one attached hydrogen (secondary N) is 1. The van der Waals surface area contributed by atoms with E-state index in [0.717, 1.165) is 6.42 Å². The molecular formula is C11H16ClN3O. The van der Waals surface area contributed by atoms with Crippen molar-refractivity contribution >= 4 is 23.3 Å². The third-order valence-electron chi connectivity index (χ3n) is 2.53. The average Bonchev–Trinajstić information content (AvgIpc) is 2.27. The Balaban J connectivity index is 2.64. The topological polar surface area (TPSA) is 68.0 Å². The molecular weight excluding hydrogens is 226 g/mol. The predicted octanol–water partition coefficient (Wildman–Crippen LogP) is 2.05. The maximum absolute atomic E-state index is 11.7. The fraction of sp³-hybridized carbons (Fsp3) is 0.455. The lowest BCUT2D eigenvalue weighted by atomic mass is 9.99. The number of amides is 1. The highest BCUT2D eigenvalue weighted by atomic mass is 35.5. The van der Waals surface area contributed by atoms with Crippen molar-refractivity contribution in [3.63, 3.8) is 0 Å². The molecule has 16 heavy (non-hydrogen) atoms. The van der Waals surface area contributed by atoms with Crippen LogP contribution in [0, 0.1) is 5.92 Å². The largest absolute Gasteiger partial charge is 0.320 e. The molecule has 0 aromatic carbocycles. The van der Waals surface area contributed by atoms with E-state index in [9.17, 15) is 4.79 Å². The minimum Gasteiger partial charge on any atom is -0.320 e. The van der Waals surface area contributed by atoms with Gasteiger partial charge >= 0.3 is 0 Å². The third-order valence-corrected chi connectivity index (χ3v) is 2.74. The molecule has 1 amide bonds. The van der Waals surface area contributed by atoms with E-state index in [1.807, 2.05) is 13.8 Å². The van der Waals surface area contributed by atoms with Crippen LogP contribution in [-0.4, -0.2) is 16.9 Å². The van der Waals surface area contributed by atoms with E-state index in [-0.39, 0.29) is 11.8 Å². The summed E-state index contributed by atoms with van der Waals surface area (Å²) in [5.41, 5.74) is 5.78. The Morgan fingerprint density at radius 2 is 2.31 bits per heavy atom. The molecule has 0 spiro atoms. The number of anilines is 1. The van der Waals surface area contributed by atoms with Crippen LogP contribution < -0.4 is 11.1 Å². The van der Waals surface area contributed by atoms with Crippen LogP contribution in [0.5, 0.6) is 0 Å². The van der Waals surface area contributed by atoms with E-state index in [1.54, 1.807) is 18.2 Å². The van der Waals surface area contributed by atoms with E-state index in [0.29, 0.717) is 11.0 Å². The summed E-state index contributed by atoms with van der Waals surface area (Å²) in [7, 11) is 0. The van der Waals surface area contributed by atoms with Crippen LogP contribution in [0.25, 0.3) is 0 Å². The Hall–Kier alpha value is -1.13. The second-order valence-electron chi connectivity index (χ2n) is 3.75. The first-order valence-corrected chi connectivity index (χ1v) is 5.61. The van der Waals surface area contributed by atoms with Crippen molar-refractivity contribution in [2.45, 2.75) is 26.3 Å². The number of aromatic nitrogens is 1. The lowest BCUT2D eigenvalue weighted by molar-refractivity contribution is -0.118. The van der Waals surface area contributed by atoms with Gasteiger partial charge in [-0.15, -0.1) is 0 Å². The maximum Gasteiger partial charge on any atom is 0.242 e. The summed E-state index contributed by atoms with van der Waals surface area (Å²) in [6.45, 7) is 3.94. The highest BCUT2D eigenvalue weighted by Crippen LogP contribution is 2.11. The van der Waals surface area contributed by atoms with Gasteiger partial charge in [-0.25, -0.2) is 4.98 Å². The maximum atomic E-state index is 11.7. The van der Waals surface area contributed by atoms with Gasteiger partial charge in [0.2, 0.25) is 5.91 Å². The Kier molecular flexibility index (Phi) is 4.71. The van der Waals surface area contributed by atoms with Gasteiger partial charge in [0.15, 0.2) is 0 Å². The lowest BCUT2D eigenvalue weighted by Crippen LogP contribution is -2.40. The first-order valence-electron chi connectivity index (χ1n) is 5.23. The van der Waals surface area contributed by atoms with Crippen LogP contribution in [0.15, 0.2) is 18.2 Å². The molecule has 0 saturated heterocycles. The molecule has 4 nitrogen and oxygen atoms in total. The molecule has 2 unspecified atom stereocenters. The third kappa shape index (κ3) is 3.47. The fourth-order valence-corrected chi connectivity index (χ4v) is 1.36. The van der Waals surface area contributed by atoms with Crippen LogP contribution in [0.1, 0.15) is 20.3 Å². The van der Waals surface area contributed by atoms with Gasteiger partial charge in [-0.1, -0.05) is 37.9 Å². The zero-order valence-corrected chi connectivity index (χ0v) is 10.2. The molecule has 0 aliphatic carbocycles. The molecule has 0 fully saturated rings. The Bertz CT molecular complexity index is 370. The molecule has 1 aromatic rings. The van der Waals surface area contributed by atoms with Crippen molar-refractivity contribution < 1.29 is 4.79 Å². The van der Waals surface area contributed by atoms with Crippen molar-refractivity contribution in [3.05, 3.63) is 23.4 Å². The van der Waals surface area contributed by atoms with Gasteiger partial charge in [0.25, 0.3) is 0 Å². The molecule has 1 aromatic heterocycles. The van der Waals surface area contributed by atoms with Gasteiger partial charge in [0, 0.05) is 0 Å². The summed E-state index contributed by atoms with van der Waals surface area (Å²) in [6.07, 6.45) is 0.859. The number of pyridine rings is 1. The quantitative estimate of drug-likeness (QED) is 0.793. The van der Waals surface area contributed by atoms with Crippen molar-refractivity contribution in [1.29, 1.82) is 0 Å². The monoisotopic (exact) mass is 241 g/mol. The van der Waals surface area contributed by atoms with Crippen molar-refractivity contribution in [3.8, 4) is 0 Å². The number of nitrogens with zero attached hydrogens (tertiary/aromatic N) is 1. The van der Waals surface area contributed by atoms with Crippen LogP contribution in [0.2, 0.25) is 5.15 Å². The SMILES string of the molecule is CCC(C)C(N)C(=O)Nc1cccc(Cl)n1. The van der Waals surface area contributed by atoms with Gasteiger partial charge in [0.1, 0.15) is 11.0 Å². The van der Waals surface area contributed by atoms with Gasteiger partial charge in [-0.05, 0) is 18.1 Å². The zero-order valence-electron chi connectivity index (χ0n) is 9.40. The minimum absolute atomic E-state index is 0.138. The van der Waals surface area contributed by atoms with E-state index in [4.69, 9.17) is 17.3 Å². The van der Waals surface area contributed by atoms with Crippen LogP contribution in [0.3, 0.4) is 0 Å². The summed E-state index contributed by atoms with van der Waals surface area (Å²) in [4.78, 5) is 15.7. The van der Waals surface area contributed by atoms with Crippen molar-refractivity contribution in [1.82, 2.24) is 4.98 Å². The van der Waals surface area contributed by atoms with E-state index >= 15 is 0 Å². The van der Waals surface area contributed by atoms with E-state index < -0.39 is 6.04 Å². The van der Waals surface area contributed by atoms with Gasteiger partial charge in [-0.2, -0.15) is 0 Å². The van der Waals surface area contributed by atoms with Crippen molar-refractivity contribution in [2.24, 2.45) is 11.7 Å². The number of nitrogens with two attached hydrogens (primary N) is 1. The zero-order chi connectivity index (χ0) is 12.1. The number of rotatable bonds is 4. The molecule has 3 N–H and O–H groups in total. The molecule has 0 bridgehead atoms. The minimum atomic E-state index is -0.522. The first-order chi connectivity index (χ1) is 7.54. The van der Waals surface area contributed by atoms with Crippen LogP contribution >= 0.6 is 11.6 Å². The molecule has 1 rings (SSSR count). The summed E-state index contributed by atoms with van der Waals surface area (Å²) >= 11 is 5.70. The Morgan fingerprint density at radius 1 is 1.62 bits per heavy atom. The molecule has 1 heterocycles. The fourth-order valence-electron chi connectivity index (χ4n) is 1.20. The van der Waals surface area contributed by atoms with Gasteiger partial charge in [-0.3, -0.25) is 4.79 Å². The molecule has 5 heteroatoms. The Morgan fingerprint density at radius 3 is 2.88 bits per heavy atom. The van der Waals surface area contributed by atoms with E-state index in [1.165, 1.54) is 0 Å². The molecule has 0 radical (unpaired) electrons. The van der Waals surface area contributed by atoms with E-state index in [2.05, 4.69) is 10.3 Å². The normalized spacial score (nSPS) is 14.2. The highest BCUT2D eigenvalue weighted by molar-refractivity contribution is 6.29. The van der Waals surface area contributed by atoms with Crippen LogP contribution in [0.4, 0.5) is 5.82 Å². The molecule has 88 valence electrons. The smallest absolute Gasteiger partial charge is 0.242 e. The van der Waals surface area contributed by atoms with Crippen LogP contribution in [-0.2, 0) is 4.79 Å². The molecule has 0 aliphatic heterocycles. The number of halogens is 1. The second kappa shape index (κ2) is 5.82. The number of carbonyl (C=O) groups excluding carboxylic acids is 1. The van der Waals surface area contributed by atoms with Crippen molar-refractivity contribution in [2.75, 3.05) is 5.32 Å². The van der Waals surface area contributed by atoms with Gasteiger partial charge < -0.3 is 11.1 Å². The lowest BCUT2D eigenvalue weighted by Gasteiger charge is -2.17. The summed E-state index contributed by atoms with van der Waals surface area (Å²) in [6, 6.07) is 4.52. The molecule has 0 aliphatic rings. The predicted molar refractivity (Wildman–Crippen MR) is 65.3 cm³/mol. The highest BCUT2D eigenvalue weighted by Gasteiger charge is 2.19. The first kappa shape index (κ1) is 12.9. The summed E-state index contributed by atoms with van der Waals surface area (Å²) in [5, 5.41) is 2.98. The number of hydrogen-bond donors (Lipinski definition) is 2. The summed E-state index contributed by atoms with van der Waals surface area (Å²) in [5.74, 6) is 0.333. The second-order valence-corrected chi connectivity index (χ2v) is 4.13. The number of hydrogen-bond acceptors (Lipinski definition) is 3. The van der Waals surface area contributed by atoms with Gasteiger partial charge in [0.05, 0.1) is 6.04 Å². The Labute approximate surface area is 100 Å².